The minimum Gasteiger partial charge on any atom is -0.378 e. The van der Waals surface area contributed by atoms with Crippen LogP contribution in [0.4, 0.5) is 0 Å². The molecule has 1 aromatic heterocycles. The maximum Gasteiger partial charge on any atom is 0.157 e. The summed E-state index contributed by atoms with van der Waals surface area (Å²) in [6.45, 7) is 1.96. The molecular formula is C9H12N2O2S. The monoisotopic (exact) mass is 212 g/mol. The van der Waals surface area contributed by atoms with Gasteiger partial charge < -0.3 is 10.1 Å². The lowest BCUT2D eigenvalue weighted by Crippen LogP contribution is -2.47. The molecule has 76 valence electrons. The molecule has 0 radical (unpaired) electrons. The molecule has 0 aromatic carbocycles. The van der Waals surface area contributed by atoms with Crippen molar-refractivity contribution < 1.29 is 9.53 Å². The van der Waals surface area contributed by atoms with Gasteiger partial charge in [-0.2, -0.15) is 0 Å². The number of rotatable bonds is 3. The molecule has 1 aliphatic heterocycles. The summed E-state index contributed by atoms with van der Waals surface area (Å²) in [5, 5.41) is 3.14. The quantitative estimate of drug-likeness (QED) is 0.780. The second kappa shape index (κ2) is 4.63. The molecule has 1 aliphatic rings. The highest BCUT2D eigenvalue weighted by Gasteiger charge is 2.21. The number of nitrogens with one attached hydrogen (secondary N) is 1. The lowest BCUT2D eigenvalue weighted by Gasteiger charge is -2.22. The number of nitrogens with zero attached hydrogens (tertiary/aromatic N) is 1. The molecule has 0 aliphatic carbocycles. The zero-order chi connectivity index (χ0) is 9.80. The van der Waals surface area contributed by atoms with E-state index in [1.54, 1.807) is 11.7 Å². The van der Waals surface area contributed by atoms with E-state index in [1.165, 1.54) is 11.3 Å². The summed E-state index contributed by atoms with van der Waals surface area (Å²) in [4.78, 5) is 16.7. The Kier molecular flexibility index (Phi) is 3.23. The van der Waals surface area contributed by atoms with Crippen LogP contribution < -0.4 is 5.32 Å². The second-order valence-electron chi connectivity index (χ2n) is 3.19. The first-order chi connectivity index (χ1) is 6.86. The number of aromatic nitrogens is 1. The Hall–Kier alpha value is -0.780. The molecule has 1 unspecified atom stereocenters. The first kappa shape index (κ1) is 9.76. The largest absolute Gasteiger partial charge is 0.378 e. The van der Waals surface area contributed by atoms with E-state index in [1.807, 2.05) is 0 Å². The Labute approximate surface area is 86.3 Å². The molecule has 2 rings (SSSR count). The van der Waals surface area contributed by atoms with Gasteiger partial charge in [0.1, 0.15) is 0 Å². The van der Waals surface area contributed by atoms with Crippen molar-refractivity contribution in [3.8, 4) is 0 Å². The third-order valence-corrected chi connectivity index (χ3v) is 2.92. The van der Waals surface area contributed by atoms with Gasteiger partial charge >= 0.3 is 0 Å². The highest BCUT2D eigenvalue weighted by molar-refractivity contribution is 7.09. The van der Waals surface area contributed by atoms with Crippen LogP contribution in [0, 0.1) is 0 Å². The third-order valence-electron chi connectivity index (χ3n) is 2.14. The molecule has 4 nitrogen and oxygen atoms in total. The second-order valence-corrected chi connectivity index (χ2v) is 4.16. The minimum atomic E-state index is -0.133. The number of ketones is 1. The molecule has 1 fully saturated rings. The predicted molar refractivity (Wildman–Crippen MR) is 53.4 cm³/mol. The standard InChI is InChI=1S/C9H12N2O2S/c12-9(3-7-4-10-6-14-7)8-5-13-2-1-11-8/h4,6,8,11H,1-3,5H2. The first-order valence-corrected chi connectivity index (χ1v) is 5.45. The molecular weight excluding hydrogens is 200 g/mol. The molecule has 1 N–H and O–H groups in total. The molecule has 1 atom stereocenters. The van der Waals surface area contributed by atoms with Crippen molar-refractivity contribution in [2.45, 2.75) is 12.5 Å². The summed E-state index contributed by atoms with van der Waals surface area (Å²) in [5.74, 6) is 0.189. The summed E-state index contributed by atoms with van der Waals surface area (Å²) in [5.41, 5.74) is 1.74. The Morgan fingerprint density at radius 2 is 2.71 bits per heavy atom. The van der Waals surface area contributed by atoms with Crippen LogP contribution in [0.2, 0.25) is 0 Å². The molecule has 0 bridgehead atoms. The van der Waals surface area contributed by atoms with Crippen LogP contribution in [0.3, 0.4) is 0 Å². The van der Waals surface area contributed by atoms with Crippen molar-refractivity contribution in [3.05, 3.63) is 16.6 Å². The van der Waals surface area contributed by atoms with Gasteiger partial charge in [0.2, 0.25) is 0 Å². The fourth-order valence-corrected chi connectivity index (χ4v) is 2.00. The van der Waals surface area contributed by atoms with Gasteiger partial charge in [-0.1, -0.05) is 0 Å². The number of carbonyl (C=O) groups excluding carboxylic acids is 1. The fourth-order valence-electron chi connectivity index (χ4n) is 1.40. The number of morpholine rings is 1. The zero-order valence-electron chi connectivity index (χ0n) is 7.73. The van der Waals surface area contributed by atoms with Crippen LogP contribution in [0.5, 0.6) is 0 Å². The highest BCUT2D eigenvalue weighted by Crippen LogP contribution is 2.08. The molecule has 14 heavy (non-hydrogen) atoms. The molecule has 5 heteroatoms. The van der Waals surface area contributed by atoms with Gasteiger partial charge in [-0.15, -0.1) is 11.3 Å². The van der Waals surface area contributed by atoms with Crippen molar-refractivity contribution in [1.29, 1.82) is 0 Å². The van der Waals surface area contributed by atoms with Crippen LogP contribution in [0.25, 0.3) is 0 Å². The lowest BCUT2D eigenvalue weighted by molar-refractivity contribution is -0.123. The third kappa shape index (κ3) is 2.37. The Morgan fingerprint density at radius 1 is 1.79 bits per heavy atom. The van der Waals surface area contributed by atoms with Gasteiger partial charge in [-0.3, -0.25) is 9.78 Å². The van der Waals surface area contributed by atoms with Gasteiger partial charge in [-0.05, 0) is 0 Å². The number of hydrogen-bond donors (Lipinski definition) is 1. The smallest absolute Gasteiger partial charge is 0.157 e. The zero-order valence-corrected chi connectivity index (χ0v) is 8.55. The Morgan fingerprint density at radius 3 is 3.36 bits per heavy atom. The summed E-state index contributed by atoms with van der Waals surface area (Å²) >= 11 is 1.51. The first-order valence-electron chi connectivity index (χ1n) is 4.57. The van der Waals surface area contributed by atoms with Gasteiger partial charge in [0.15, 0.2) is 5.78 Å². The summed E-state index contributed by atoms with van der Waals surface area (Å²) in [6.07, 6.45) is 2.21. The Balaban J connectivity index is 1.88. The number of hydrogen-bond acceptors (Lipinski definition) is 5. The highest BCUT2D eigenvalue weighted by atomic mass is 32.1. The normalized spacial score (nSPS) is 22.1. The van der Waals surface area contributed by atoms with E-state index in [2.05, 4.69) is 10.3 Å². The van der Waals surface area contributed by atoms with E-state index in [0.717, 1.165) is 11.4 Å². The summed E-state index contributed by atoms with van der Waals surface area (Å²) < 4.78 is 5.23. The SMILES string of the molecule is O=C(Cc1cncs1)C1COCCN1. The van der Waals surface area contributed by atoms with Gasteiger partial charge in [-0.25, -0.2) is 0 Å². The topological polar surface area (TPSA) is 51.2 Å². The number of Topliss-reactive ketones (excluding diaryl/α,β-unsaturated/α-hetero) is 1. The maximum atomic E-state index is 11.7. The van der Waals surface area contributed by atoms with Crippen molar-refractivity contribution in [3.63, 3.8) is 0 Å². The van der Waals surface area contributed by atoms with E-state index in [4.69, 9.17) is 4.74 Å². The van der Waals surface area contributed by atoms with Crippen molar-refractivity contribution in [1.82, 2.24) is 10.3 Å². The number of thiazole rings is 1. The Bertz CT molecular complexity index is 294. The predicted octanol–water partition coefficient (Wildman–Crippen LogP) is 0.243. The van der Waals surface area contributed by atoms with E-state index in [0.29, 0.717) is 19.6 Å². The average molecular weight is 212 g/mol. The molecule has 0 saturated carbocycles. The molecule has 0 spiro atoms. The van der Waals surface area contributed by atoms with E-state index < -0.39 is 0 Å². The summed E-state index contributed by atoms with van der Waals surface area (Å²) in [7, 11) is 0. The minimum absolute atomic E-state index is 0.133. The molecule has 1 saturated heterocycles. The summed E-state index contributed by atoms with van der Waals surface area (Å²) in [6, 6.07) is -0.133. The van der Waals surface area contributed by atoms with Crippen LogP contribution in [0.15, 0.2) is 11.7 Å². The number of carbonyl (C=O) groups is 1. The van der Waals surface area contributed by atoms with Crippen molar-refractivity contribution >= 4 is 17.1 Å². The van der Waals surface area contributed by atoms with Gasteiger partial charge in [0.05, 0.1) is 24.8 Å². The van der Waals surface area contributed by atoms with Crippen LogP contribution >= 0.6 is 11.3 Å². The van der Waals surface area contributed by atoms with Gasteiger partial charge in [0, 0.05) is 24.0 Å². The lowest BCUT2D eigenvalue weighted by atomic mass is 10.1. The van der Waals surface area contributed by atoms with Crippen molar-refractivity contribution in [2.24, 2.45) is 0 Å². The maximum absolute atomic E-state index is 11.7. The van der Waals surface area contributed by atoms with Crippen LogP contribution in [-0.2, 0) is 16.0 Å². The molecule has 1 aromatic rings. The van der Waals surface area contributed by atoms with Gasteiger partial charge in [0.25, 0.3) is 0 Å². The number of ether oxygens (including phenoxy) is 1. The molecule has 2 heterocycles. The molecule has 0 amide bonds. The van der Waals surface area contributed by atoms with E-state index >= 15 is 0 Å². The average Bonchev–Trinajstić information content (AvgIpc) is 2.72. The van der Waals surface area contributed by atoms with E-state index in [9.17, 15) is 4.79 Å². The van der Waals surface area contributed by atoms with Crippen LogP contribution in [0.1, 0.15) is 4.88 Å². The van der Waals surface area contributed by atoms with Crippen LogP contribution in [-0.4, -0.2) is 36.6 Å². The van der Waals surface area contributed by atoms with E-state index in [-0.39, 0.29) is 11.8 Å². The van der Waals surface area contributed by atoms with Crippen molar-refractivity contribution in [2.75, 3.05) is 19.8 Å². The fraction of sp³-hybridized carbons (Fsp3) is 0.556.